The molecule has 2 aromatic rings. The van der Waals surface area contributed by atoms with E-state index in [1.54, 1.807) is 25.1 Å². The summed E-state index contributed by atoms with van der Waals surface area (Å²) in [7, 11) is 1.60. The first-order valence-electron chi connectivity index (χ1n) is 8.40. The molecule has 1 aromatic heterocycles. The van der Waals surface area contributed by atoms with Crippen LogP contribution in [-0.2, 0) is 5.60 Å². The Morgan fingerprint density at radius 2 is 2.00 bits per heavy atom. The van der Waals surface area contributed by atoms with E-state index in [1.165, 1.54) is 6.20 Å². The van der Waals surface area contributed by atoms with Crippen LogP contribution in [-0.4, -0.2) is 45.6 Å². The third-order valence-corrected chi connectivity index (χ3v) is 4.84. The van der Waals surface area contributed by atoms with E-state index in [0.717, 1.165) is 29.8 Å². The monoisotopic (exact) mass is 341 g/mol. The minimum Gasteiger partial charge on any atom is -0.497 e. The normalized spacial score (nSPS) is 19.5. The number of ether oxygens (including phenoxy) is 1. The number of methoxy groups -OCH3 is 1. The van der Waals surface area contributed by atoms with Gasteiger partial charge in [0, 0.05) is 12.7 Å². The van der Waals surface area contributed by atoms with Crippen molar-refractivity contribution < 1.29 is 14.6 Å². The second-order valence-corrected chi connectivity index (χ2v) is 6.58. The van der Waals surface area contributed by atoms with E-state index in [0.29, 0.717) is 12.2 Å². The van der Waals surface area contributed by atoms with Gasteiger partial charge in [0.1, 0.15) is 17.0 Å². The largest absolute Gasteiger partial charge is 0.497 e. The number of hydrogen-bond acceptors (Lipinski definition) is 5. The molecule has 3 rings (SSSR count). The molecule has 1 aliphatic heterocycles. The SMILES string of the molecule is COc1ccc([C@](C)(O)[C@H]2CCCN2C(=O)c2cnc(C)cn2)cc1. The van der Waals surface area contributed by atoms with Gasteiger partial charge in [-0.05, 0) is 44.4 Å². The molecule has 0 bridgehead atoms. The van der Waals surface area contributed by atoms with Crippen molar-refractivity contribution in [1.82, 2.24) is 14.9 Å². The fourth-order valence-corrected chi connectivity index (χ4v) is 3.37. The number of nitrogens with zero attached hydrogens (tertiary/aromatic N) is 3. The maximum atomic E-state index is 12.8. The van der Waals surface area contributed by atoms with Crippen LogP contribution >= 0.6 is 0 Å². The smallest absolute Gasteiger partial charge is 0.274 e. The van der Waals surface area contributed by atoms with E-state index in [4.69, 9.17) is 4.74 Å². The molecule has 1 amide bonds. The molecule has 2 atom stereocenters. The van der Waals surface area contributed by atoms with Crippen LogP contribution in [0.25, 0.3) is 0 Å². The van der Waals surface area contributed by atoms with E-state index in [2.05, 4.69) is 9.97 Å². The maximum Gasteiger partial charge on any atom is 0.274 e. The van der Waals surface area contributed by atoms with Crippen LogP contribution in [0.4, 0.5) is 0 Å². The van der Waals surface area contributed by atoms with E-state index < -0.39 is 5.60 Å². The summed E-state index contributed by atoms with van der Waals surface area (Å²) in [5.41, 5.74) is 0.673. The zero-order valence-electron chi connectivity index (χ0n) is 14.8. The van der Waals surface area contributed by atoms with Gasteiger partial charge in [-0.15, -0.1) is 0 Å². The summed E-state index contributed by atoms with van der Waals surface area (Å²) >= 11 is 0. The van der Waals surface area contributed by atoms with Gasteiger partial charge >= 0.3 is 0 Å². The first-order valence-corrected chi connectivity index (χ1v) is 8.40. The molecule has 132 valence electrons. The molecule has 0 aliphatic carbocycles. The Morgan fingerprint density at radius 1 is 1.28 bits per heavy atom. The maximum absolute atomic E-state index is 12.8. The highest BCUT2D eigenvalue weighted by Crippen LogP contribution is 2.35. The van der Waals surface area contributed by atoms with Gasteiger partial charge in [0.25, 0.3) is 5.91 Å². The lowest BCUT2D eigenvalue weighted by Gasteiger charge is -2.36. The summed E-state index contributed by atoms with van der Waals surface area (Å²) in [6.07, 6.45) is 4.67. The van der Waals surface area contributed by atoms with E-state index in [9.17, 15) is 9.90 Å². The predicted octanol–water partition coefficient (Wildman–Crippen LogP) is 2.31. The molecule has 6 heteroatoms. The number of hydrogen-bond donors (Lipinski definition) is 1. The number of aromatic nitrogens is 2. The Kier molecular flexibility index (Phi) is 4.72. The summed E-state index contributed by atoms with van der Waals surface area (Å²) < 4.78 is 5.17. The molecule has 0 saturated carbocycles. The molecule has 1 fully saturated rings. The molecule has 1 aromatic carbocycles. The highest BCUT2D eigenvalue weighted by Gasteiger charge is 2.43. The molecule has 0 unspecified atom stereocenters. The van der Waals surface area contributed by atoms with Gasteiger partial charge in [0.2, 0.25) is 0 Å². The summed E-state index contributed by atoms with van der Waals surface area (Å²) in [6, 6.07) is 7.00. The van der Waals surface area contributed by atoms with Gasteiger partial charge in [-0.3, -0.25) is 9.78 Å². The molecular weight excluding hydrogens is 318 g/mol. The summed E-state index contributed by atoms with van der Waals surface area (Å²) in [6.45, 7) is 4.19. The molecule has 1 saturated heterocycles. The van der Waals surface area contributed by atoms with Crippen LogP contribution in [0.1, 0.15) is 41.5 Å². The van der Waals surface area contributed by atoms with Crippen molar-refractivity contribution in [3.8, 4) is 5.75 Å². The zero-order chi connectivity index (χ0) is 18.0. The lowest BCUT2D eigenvalue weighted by Crippen LogP contribution is -2.48. The van der Waals surface area contributed by atoms with Crippen molar-refractivity contribution in [2.45, 2.75) is 38.3 Å². The van der Waals surface area contributed by atoms with E-state index >= 15 is 0 Å². The van der Waals surface area contributed by atoms with Crippen LogP contribution in [0.15, 0.2) is 36.7 Å². The van der Waals surface area contributed by atoms with E-state index in [1.807, 2.05) is 31.2 Å². The molecule has 6 nitrogen and oxygen atoms in total. The van der Waals surface area contributed by atoms with Crippen molar-refractivity contribution in [3.63, 3.8) is 0 Å². The van der Waals surface area contributed by atoms with Gasteiger partial charge in [-0.2, -0.15) is 0 Å². The number of carbonyl (C=O) groups is 1. The molecule has 0 spiro atoms. The first kappa shape index (κ1) is 17.4. The van der Waals surface area contributed by atoms with Crippen LogP contribution in [0.3, 0.4) is 0 Å². The quantitative estimate of drug-likeness (QED) is 0.923. The Balaban J connectivity index is 1.86. The van der Waals surface area contributed by atoms with Crippen molar-refractivity contribution >= 4 is 5.91 Å². The van der Waals surface area contributed by atoms with Crippen molar-refractivity contribution in [3.05, 3.63) is 53.6 Å². The first-order chi connectivity index (χ1) is 11.9. The fourth-order valence-electron chi connectivity index (χ4n) is 3.37. The Hall–Kier alpha value is -2.47. The summed E-state index contributed by atoms with van der Waals surface area (Å²) in [4.78, 5) is 22.9. The van der Waals surface area contributed by atoms with Gasteiger partial charge in [0.05, 0.1) is 25.0 Å². The van der Waals surface area contributed by atoms with E-state index in [-0.39, 0.29) is 11.9 Å². The zero-order valence-corrected chi connectivity index (χ0v) is 14.8. The van der Waals surface area contributed by atoms with Gasteiger partial charge < -0.3 is 14.7 Å². The van der Waals surface area contributed by atoms with Crippen LogP contribution in [0.5, 0.6) is 5.75 Å². The molecule has 2 heterocycles. The number of aliphatic hydroxyl groups is 1. The fraction of sp³-hybridized carbons (Fsp3) is 0.421. The number of aryl methyl sites for hydroxylation is 1. The topological polar surface area (TPSA) is 75.6 Å². The number of rotatable bonds is 4. The molecule has 1 N–H and O–H groups in total. The molecule has 1 aliphatic rings. The number of benzene rings is 1. The lowest BCUT2D eigenvalue weighted by atomic mass is 9.86. The van der Waals surface area contributed by atoms with Crippen molar-refractivity contribution in [1.29, 1.82) is 0 Å². The summed E-state index contributed by atoms with van der Waals surface area (Å²) in [5, 5.41) is 11.2. The second-order valence-electron chi connectivity index (χ2n) is 6.58. The predicted molar refractivity (Wildman–Crippen MR) is 93.4 cm³/mol. The molecular formula is C19H23N3O3. The Morgan fingerprint density at radius 3 is 2.60 bits per heavy atom. The average molecular weight is 341 g/mol. The van der Waals surface area contributed by atoms with Gasteiger partial charge in [-0.25, -0.2) is 4.98 Å². The molecule has 25 heavy (non-hydrogen) atoms. The number of likely N-dealkylation sites (tertiary alicyclic amines) is 1. The minimum absolute atomic E-state index is 0.191. The summed E-state index contributed by atoms with van der Waals surface area (Å²) in [5.74, 6) is 0.539. The highest BCUT2D eigenvalue weighted by atomic mass is 16.5. The number of carbonyl (C=O) groups excluding carboxylic acids is 1. The van der Waals surface area contributed by atoms with Gasteiger partial charge in [0.15, 0.2) is 0 Å². The standard InChI is InChI=1S/C19H23N3O3/c1-13-11-21-16(12-20-13)18(23)22-10-4-5-17(22)19(2,24)14-6-8-15(25-3)9-7-14/h6-9,11-12,17,24H,4-5,10H2,1-3H3/t17-,19+/m1/s1. The van der Waals surface area contributed by atoms with Crippen LogP contribution < -0.4 is 4.74 Å². The Labute approximate surface area is 147 Å². The lowest BCUT2D eigenvalue weighted by molar-refractivity contribution is -0.0179. The van der Waals surface area contributed by atoms with Crippen molar-refractivity contribution in [2.75, 3.05) is 13.7 Å². The van der Waals surface area contributed by atoms with Crippen LogP contribution in [0.2, 0.25) is 0 Å². The highest BCUT2D eigenvalue weighted by molar-refractivity contribution is 5.92. The molecule has 0 radical (unpaired) electrons. The Bertz CT molecular complexity index is 742. The minimum atomic E-state index is -1.16. The van der Waals surface area contributed by atoms with Gasteiger partial charge in [-0.1, -0.05) is 12.1 Å². The third-order valence-electron chi connectivity index (χ3n) is 4.84. The number of amides is 1. The van der Waals surface area contributed by atoms with Crippen LogP contribution in [0, 0.1) is 6.92 Å². The average Bonchev–Trinajstić information content (AvgIpc) is 3.12. The second kappa shape index (κ2) is 6.80. The van der Waals surface area contributed by atoms with Crippen molar-refractivity contribution in [2.24, 2.45) is 0 Å². The third kappa shape index (κ3) is 3.35.